The Hall–Kier alpha value is 1.02. The molecule has 0 aromatic carbocycles. The van der Waals surface area contributed by atoms with Crippen molar-refractivity contribution in [1.82, 2.24) is 0 Å². The molecule has 0 saturated heterocycles. The molecule has 0 rings (SSSR count). The molecular weight excluding hydrogens is 202 g/mol. The van der Waals surface area contributed by atoms with Gasteiger partial charge in [0.2, 0.25) is 0 Å². The van der Waals surface area contributed by atoms with Gasteiger partial charge in [0.25, 0.3) is 0 Å². The molecular formula is C11H24Al2O. The molecule has 80 valence electrons. The molecule has 0 unspecified atom stereocenters. The fraction of sp³-hybridized carbons (Fsp3) is 1.00. The first-order valence-corrected chi connectivity index (χ1v) is 8.97. The van der Waals surface area contributed by atoms with Crippen molar-refractivity contribution in [3.8, 4) is 0 Å². The lowest BCUT2D eigenvalue weighted by Crippen LogP contribution is -2.32. The van der Waals surface area contributed by atoms with Gasteiger partial charge in [-0.25, -0.2) is 0 Å². The van der Waals surface area contributed by atoms with E-state index in [1.165, 1.54) is 35.1 Å². The summed E-state index contributed by atoms with van der Waals surface area (Å²) in [4.78, 5) is 0. The van der Waals surface area contributed by atoms with Gasteiger partial charge in [-0.1, -0.05) is 33.0 Å². The Labute approximate surface area is 103 Å². The quantitative estimate of drug-likeness (QED) is 0.431. The van der Waals surface area contributed by atoms with E-state index in [0.717, 1.165) is 0 Å². The second-order valence-corrected chi connectivity index (χ2v) is 7.18. The van der Waals surface area contributed by atoms with E-state index in [4.69, 9.17) is 3.79 Å². The van der Waals surface area contributed by atoms with Crippen molar-refractivity contribution in [3.05, 3.63) is 0 Å². The highest BCUT2D eigenvalue weighted by Crippen LogP contribution is 2.26. The monoisotopic (exact) mass is 226 g/mol. The van der Waals surface area contributed by atoms with Crippen LogP contribution in [-0.2, 0) is 3.79 Å². The molecule has 0 N–H and O–H groups in total. The van der Waals surface area contributed by atoms with Crippen molar-refractivity contribution >= 4 is 30.8 Å². The molecule has 0 atom stereocenters. The van der Waals surface area contributed by atoms with Crippen molar-refractivity contribution in [2.24, 2.45) is 0 Å². The molecule has 0 aliphatic carbocycles. The van der Waals surface area contributed by atoms with Crippen LogP contribution >= 0.6 is 0 Å². The smallest absolute Gasteiger partial charge is 0.423 e. The summed E-state index contributed by atoms with van der Waals surface area (Å²) in [5.74, 6) is 0. The Morgan fingerprint density at radius 1 is 1.00 bits per heavy atom. The predicted octanol–water partition coefficient (Wildman–Crippen LogP) is 3.57. The zero-order valence-corrected chi connectivity index (χ0v) is 12.6. The van der Waals surface area contributed by atoms with E-state index in [2.05, 4.69) is 27.7 Å². The Bertz CT molecular complexity index is 124. The van der Waals surface area contributed by atoms with Crippen LogP contribution in [0.4, 0.5) is 0 Å². The maximum Gasteiger partial charge on any atom is 0.423 e. The van der Waals surface area contributed by atoms with E-state index in [9.17, 15) is 0 Å². The van der Waals surface area contributed by atoms with Crippen LogP contribution in [-0.4, -0.2) is 36.4 Å². The fourth-order valence-electron chi connectivity index (χ4n) is 1.66. The highest BCUT2D eigenvalue weighted by molar-refractivity contribution is 6.35. The SMILES string of the molecule is C[CH2][Al][CH2]CC(CC)(CC)[O][Al][CH2]C. The maximum absolute atomic E-state index is 6.12. The first-order chi connectivity index (χ1) is 6.74. The molecule has 0 spiro atoms. The minimum Gasteiger partial charge on any atom is -0.502 e. The van der Waals surface area contributed by atoms with Gasteiger partial charge in [-0.05, 0) is 19.3 Å². The van der Waals surface area contributed by atoms with Gasteiger partial charge < -0.3 is 3.79 Å². The topological polar surface area (TPSA) is 9.23 Å². The maximum atomic E-state index is 6.12. The minimum atomic E-state index is 0.236. The fourth-order valence-corrected chi connectivity index (χ4v) is 3.77. The second-order valence-electron chi connectivity index (χ2n) is 3.82. The van der Waals surface area contributed by atoms with Crippen LogP contribution in [0.15, 0.2) is 0 Å². The van der Waals surface area contributed by atoms with Gasteiger partial charge in [0.1, 0.15) is 0 Å². The van der Waals surface area contributed by atoms with E-state index in [1.807, 2.05) is 0 Å². The normalized spacial score (nSPS) is 11.4. The molecule has 1 nitrogen and oxygen atoms in total. The highest BCUT2D eigenvalue weighted by Gasteiger charge is 2.24. The van der Waals surface area contributed by atoms with Crippen LogP contribution in [0.5, 0.6) is 0 Å². The van der Waals surface area contributed by atoms with E-state index in [1.54, 1.807) is 0 Å². The van der Waals surface area contributed by atoms with Gasteiger partial charge in [-0.15, -0.1) is 10.6 Å². The van der Waals surface area contributed by atoms with Gasteiger partial charge in [-0.2, -0.15) is 0 Å². The van der Waals surface area contributed by atoms with Crippen LogP contribution in [0.2, 0.25) is 15.8 Å². The van der Waals surface area contributed by atoms with Crippen LogP contribution in [0.1, 0.15) is 47.0 Å². The van der Waals surface area contributed by atoms with Crippen molar-refractivity contribution in [2.75, 3.05) is 0 Å². The summed E-state index contributed by atoms with van der Waals surface area (Å²) >= 11 is 0.915. The molecule has 3 heteroatoms. The highest BCUT2D eigenvalue weighted by atomic mass is 27.1. The molecule has 0 fully saturated rings. The Kier molecular flexibility index (Phi) is 9.94. The van der Waals surface area contributed by atoms with Crippen molar-refractivity contribution in [3.63, 3.8) is 0 Å². The summed E-state index contributed by atoms with van der Waals surface area (Å²) in [5, 5.41) is 4.04. The second kappa shape index (κ2) is 9.27. The van der Waals surface area contributed by atoms with Crippen LogP contribution in [0, 0.1) is 0 Å². The molecule has 0 heterocycles. The average molecular weight is 226 g/mol. The zero-order chi connectivity index (χ0) is 10.9. The van der Waals surface area contributed by atoms with Crippen LogP contribution < -0.4 is 0 Å². The van der Waals surface area contributed by atoms with Crippen molar-refractivity contribution in [2.45, 2.75) is 68.4 Å². The van der Waals surface area contributed by atoms with E-state index < -0.39 is 0 Å². The zero-order valence-electron chi connectivity index (χ0n) is 10.3. The van der Waals surface area contributed by atoms with Crippen LogP contribution in [0.3, 0.4) is 0 Å². The molecule has 2 radical (unpaired) electrons. The summed E-state index contributed by atoms with van der Waals surface area (Å²) in [6.45, 7) is 9.08. The lowest BCUT2D eigenvalue weighted by atomic mass is 9.94. The van der Waals surface area contributed by atoms with E-state index in [0.29, 0.717) is 15.2 Å². The number of rotatable bonds is 9. The third-order valence-corrected chi connectivity index (χ3v) is 5.16. The molecule has 0 aromatic rings. The lowest BCUT2D eigenvalue weighted by molar-refractivity contribution is 0.0604. The first kappa shape index (κ1) is 15.0. The first-order valence-electron chi connectivity index (χ1n) is 6.05. The summed E-state index contributed by atoms with van der Waals surface area (Å²) in [6, 6.07) is 0. The van der Waals surface area contributed by atoms with Gasteiger partial charge >= 0.3 is 15.6 Å². The number of hydrogen-bond acceptors (Lipinski definition) is 1. The summed E-state index contributed by atoms with van der Waals surface area (Å²) in [6.07, 6.45) is 3.69. The van der Waals surface area contributed by atoms with Crippen molar-refractivity contribution in [1.29, 1.82) is 0 Å². The molecule has 0 aliphatic rings. The van der Waals surface area contributed by atoms with E-state index >= 15 is 0 Å². The Morgan fingerprint density at radius 2 is 1.64 bits per heavy atom. The summed E-state index contributed by atoms with van der Waals surface area (Å²) in [5.41, 5.74) is 0.244. The molecule has 14 heavy (non-hydrogen) atoms. The molecule has 0 amide bonds. The molecule has 0 aromatic heterocycles. The average Bonchev–Trinajstić information content (AvgIpc) is 2.24. The third kappa shape index (κ3) is 5.80. The van der Waals surface area contributed by atoms with Crippen LogP contribution in [0.25, 0.3) is 0 Å². The minimum absolute atomic E-state index is 0.236. The van der Waals surface area contributed by atoms with Gasteiger partial charge in [0.05, 0.1) is 0 Å². The molecule has 0 aliphatic heterocycles. The van der Waals surface area contributed by atoms with Gasteiger partial charge in [0.15, 0.2) is 15.2 Å². The Balaban J connectivity index is 3.94. The lowest BCUT2D eigenvalue weighted by Gasteiger charge is -2.34. The standard InChI is InChI=1S/C7H14O.2C2H5.2Al/c1-4-7(8,5-2)6-3;2*1-2;;/h1,4-6H2,2-3H3;2*1H2,2H3;;/q-1;;;;+1. The third-order valence-electron chi connectivity index (χ3n) is 2.88. The molecule has 0 bridgehead atoms. The van der Waals surface area contributed by atoms with Crippen molar-refractivity contribution < 1.29 is 3.79 Å². The van der Waals surface area contributed by atoms with Gasteiger partial charge in [0, 0.05) is 5.60 Å². The summed E-state index contributed by atoms with van der Waals surface area (Å²) in [7, 11) is 0. The largest absolute Gasteiger partial charge is 0.502 e. The van der Waals surface area contributed by atoms with Gasteiger partial charge in [-0.3, -0.25) is 0 Å². The predicted molar refractivity (Wildman–Crippen MR) is 66.3 cm³/mol. The number of hydrogen-bond donors (Lipinski definition) is 0. The summed E-state index contributed by atoms with van der Waals surface area (Å²) < 4.78 is 6.12. The van der Waals surface area contributed by atoms with E-state index in [-0.39, 0.29) is 21.2 Å². The Morgan fingerprint density at radius 3 is 2.07 bits per heavy atom. The molecule has 0 saturated carbocycles.